The number of benzene rings is 1. The molecular weight excluding hydrogens is 322 g/mol. The zero-order valence-electron chi connectivity index (χ0n) is 13.3. The Hall–Kier alpha value is -3.36. The highest BCUT2D eigenvalue weighted by Crippen LogP contribution is 2.19. The maximum Gasteiger partial charge on any atom is 0.254 e. The first-order valence-corrected chi connectivity index (χ1v) is 7.85. The highest BCUT2D eigenvalue weighted by molar-refractivity contribution is 5.95. The van der Waals surface area contributed by atoms with E-state index in [1.54, 1.807) is 29.3 Å². The quantitative estimate of drug-likeness (QED) is 0.692. The second kappa shape index (κ2) is 6.63. The largest absolute Gasteiger partial charge is 0.472 e. The van der Waals surface area contributed by atoms with Gasteiger partial charge in [0.05, 0.1) is 12.2 Å². The topological polar surface area (TPSA) is 98.9 Å². The van der Waals surface area contributed by atoms with Gasteiger partial charge in [0.1, 0.15) is 18.8 Å². The average Bonchev–Trinajstić information content (AvgIpc) is 3.34. The number of aromatic nitrogens is 6. The van der Waals surface area contributed by atoms with E-state index in [0.29, 0.717) is 24.5 Å². The number of carbonyl (C=O) groups excluding carboxylic acids is 1. The molecule has 1 aromatic carbocycles. The van der Waals surface area contributed by atoms with Crippen molar-refractivity contribution >= 4 is 5.91 Å². The van der Waals surface area contributed by atoms with Gasteiger partial charge >= 0.3 is 0 Å². The Morgan fingerprint density at radius 2 is 2.24 bits per heavy atom. The van der Waals surface area contributed by atoms with E-state index in [4.69, 9.17) is 4.74 Å². The van der Waals surface area contributed by atoms with Crippen LogP contribution in [0, 0.1) is 0 Å². The van der Waals surface area contributed by atoms with Crippen LogP contribution in [0.5, 0.6) is 5.88 Å². The summed E-state index contributed by atoms with van der Waals surface area (Å²) < 4.78 is 7.31. The predicted molar refractivity (Wildman–Crippen MR) is 86.1 cm³/mol. The monoisotopic (exact) mass is 337 g/mol. The molecule has 2 aromatic heterocycles. The van der Waals surface area contributed by atoms with Crippen LogP contribution in [0.3, 0.4) is 0 Å². The number of ether oxygens (including phenoxy) is 1. The third-order valence-corrected chi connectivity index (χ3v) is 3.98. The first-order valence-electron chi connectivity index (χ1n) is 7.85. The molecule has 3 aromatic rings. The Morgan fingerprint density at radius 3 is 3.04 bits per heavy atom. The second-order valence-electron chi connectivity index (χ2n) is 5.63. The summed E-state index contributed by atoms with van der Waals surface area (Å²) >= 11 is 0. The molecule has 25 heavy (non-hydrogen) atoms. The number of rotatable bonds is 4. The van der Waals surface area contributed by atoms with Gasteiger partial charge in [-0.05, 0) is 28.6 Å². The summed E-state index contributed by atoms with van der Waals surface area (Å²) in [4.78, 5) is 22.4. The molecule has 1 fully saturated rings. The number of tetrazole rings is 1. The van der Waals surface area contributed by atoms with Crippen LogP contribution in [0.1, 0.15) is 16.8 Å². The van der Waals surface area contributed by atoms with Crippen LogP contribution in [0.4, 0.5) is 0 Å². The Balaban J connectivity index is 1.44. The van der Waals surface area contributed by atoms with Crippen molar-refractivity contribution in [2.45, 2.75) is 12.5 Å². The molecule has 9 heteroatoms. The third-order valence-electron chi connectivity index (χ3n) is 3.98. The van der Waals surface area contributed by atoms with E-state index in [1.807, 2.05) is 12.1 Å². The van der Waals surface area contributed by atoms with Crippen molar-refractivity contribution in [2.24, 2.45) is 0 Å². The van der Waals surface area contributed by atoms with Crippen LogP contribution >= 0.6 is 0 Å². The van der Waals surface area contributed by atoms with Crippen LogP contribution in [-0.2, 0) is 0 Å². The molecule has 126 valence electrons. The normalized spacial score (nSPS) is 16.8. The molecule has 4 rings (SSSR count). The molecule has 0 aliphatic carbocycles. The SMILES string of the molecule is O=C(c1cccc(-n2cnnn2)c1)N1CC[C@@H](Oc2ccncn2)C1. The summed E-state index contributed by atoms with van der Waals surface area (Å²) in [5, 5.41) is 11.1. The Kier molecular flexibility index (Phi) is 4.03. The summed E-state index contributed by atoms with van der Waals surface area (Å²) in [7, 11) is 0. The van der Waals surface area contributed by atoms with E-state index in [1.165, 1.54) is 17.3 Å². The van der Waals surface area contributed by atoms with Gasteiger partial charge in [0, 0.05) is 30.8 Å². The predicted octanol–water partition coefficient (Wildman–Crippen LogP) is 0.746. The highest BCUT2D eigenvalue weighted by atomic mass is 16.5. The molecule has 0 saturated carbocycles. The number of hydrogen-bond acceptors (Lipinski definition) is 7. The van der Waals surface area contributed by atoms with Crippen molar-refractivity contribution in [2.75, 3.05) is 13.1 Å². The molecule has 1 saturated heterocycles. The van der Waals surface area contributed by atoms with Crippen LogP contribution in [0.15, 0.2) is 49.2 Å². The van der Waals surface area contributed by atoms with Crippen molar-refractivity contribution in [3.63, 3.8) is 0 Å². The standard InChI is InChI=1S/C16H15N7O2/c24-16(12-2-1-3-13(8-12)23-11-19-20-21-23)22-7-5-14(9-22)25-15-4-6-17-10-18-15/h1-4,6,8,10-11,14H,5,7,9H2/t14-/m1/s1. The number of hydrogen-bond donors (Lipinski definition) is 0. The van der Waals surface area contributed by atoms with E-state index >= 15 is 0 Å². The smallest absolute Gasteiger partial charge is 0.254 e. The van der Waals surface area contributed by atoms with E-state index in [-0.39, 0.29) is 12.0 Å². The van der Waals surface area contributed by atoms with Gasteiger partial charge in [-0.1, -0.05) is 6.07 Å². The number of nitrogens with zero attached hydrogens (tertiary/aromatic N) is 7. The summed E-state index contributed by atoms with van der Waals surface area (Å²) in [6, 6.07) is 8.93. The fourth-order valence-corrected chi connectivity index (χ4v) is 2.77. The van der Waals surface area contributed by atoms with Crippen molar-refractivity contribution in [1.29, 1.82) is 0 Å². The highest BCUT2D eigenvalue weighted by Gasteiger charge is 2.28. The molecule has 1 amide bonds. The molecule has 0 bridgehead atoms. The molecule has 1 aliphatic rings. The molecule has 3 heterocycles. The summed E-state index contributed by atoms with van der Waals surface area (Å²) in [6.07, 6.45) is 5.26. The summed E-state index contributed by atoms with van der Waals surface area (Å²) in [6.45, 7) is 1.17. The first kappa shape index (κ1) is 15.2. The average molecular weight is 337 g/mol. The summed E-state index contributed by atoms with van der Waals surface area (Å²) in [5.74, 6) is 0.485. The zero-order valence-corrected chi connectivity index (χ0v) is 13.3. The maximum absolute atomic E-state index is 12.8. The van der Waals surface area contributed by atoms with Crippen LogP contribution in [0.25, 0.3) is 5.69 Å². The molecular formula is C16H15N7O2. The first-order chi connectivity index (χ1) is 12.3. The van der Waals surface area contributed by atoms with E-state index < -0.39 is 0 Å². The fourth-order valence-electron chi connectivity index (χ4n) is 2.77. The van der Waals surface area contributed by atoms with E-state index in [0.717, 1.165) is 12.1 Å². The molecule has 9 nitrogen and oxygen atoms in total. The van der Waals surface area contributed by atoms with Crippen LogP contribution in [0.2, 0.25) is 0 Å². The van der Waals surface area contributed by atoms with E-state index in [9.17, 15) is 4.79 Å². The van der Waals surface area contributed by atoms with Crippen molar-refractivity contribution < 1.29 is 9.53 Å². The van der Waals surface area contributed by atoms with Crippen molar-refractivity contribution in [3.05, 3.63) is 54.7 Å². The van der Waals surface area contributed by atoms with Crippen molar-refractivity contribution in [1.82, 2.24) is 35.1 Å². The second-order valence-corrected chi connectivity index (χ2v) is 5.63. The molecule has 1 aliphatic heterocycles. The minimum absolute atomic E-state index is 0.0382. The van der Waals surface area contributed by atoms with Gasteiger partial charge in [-0.25, -0.2) is 14.6 Å². The van der Waals surface area contributed by atoms with Crippen LogP contribution in [-0.4, -0.2) is 60.2 Å². The maximum atomic E-state index is 12.8. The number of carbonyl (C=O) groups is 1. The van der Waals surface area contributed by atoms with Gasteiger partial charge in [0.2, 0.25) is 5.88 Å². The van der Waals surface area contributed by atoms with Crippen LogP contribution < -0.4 is 4.74 Å². The molecule has 1 atom stereocenters. The molecule has 0 radical (unpaired) electrons. The Morgan fingerprint density at radius 1 is 1.28 bits per heavy atom. The Labute approximate surface area is 143 Å². The van der Waals surface area contributed by atoms with Gasteiger partial charge in [0.15, 0.2) is 0 Å². The van der Waals surface area contributed by atoms with Gasteiger partial charge < -0.3 is 9.64 Å². The minimum atomic E-state index is -0.0680. The lowest BCUT2D eigenvalue weighted by Crippen LogP contribution is -2.31. The third kappa shape index (κ3) is 3.30. The summed E-state index contributed by atoms with van der Waals surface area (Å²) in [5.41, 5.74) is 1.33. The fraction of sp³-hybridized carbons (Fsp3) is 0.250. The van der Waals surface area contributed by atoms with Gasteiger partial charge in [-0.3, -0.25) is 4.79 Å². The van der Waals surface area contributed by atoms with Gasteiger partial charge in [-0.2, -0.15) is 0 Å². The zero-order chi connectivity index (χ0) is 17.1. The lowest BCUT2D eigenvalue weighted by molar-refractivity contribution is 0.0771. The lowest BCUT2D eigenvalue weighted by atomic mass is 10.2. The molecule has 0 spiro atoms. The Bertz CT molecular complexity index is 854. The lowest BCUT2D eigenvalue weighted by Gasteiger charge is -2.17. The van der Waals surface area contributed by atoms with Crippen molar-refractivity contribution in [3.8, 4) is 11.6 Å². The number of likely N-dealkylation sites (tertiary alicyclic amines) is 1. The number of amides is 1. The molecule has 0 N–H and O–H groups in total. The molecule has 0 unspecified atom stereocenters. The van der Waals surface area contributed by atoms with E-state index in [2.05, 4.69) is 25.5 Å². The van der Waals surface area contributed by atoms with Gasteiger partial charge in [-0.15, -0.1) is 5.10 Å². The van der Waals surface area contributed by atoms with Gasteiger partial charge in [0.25, 0.3) is 5.91 Å². The minimum Gasteiger partial charge on any atom is -0.472 e.